The maximum Gasteiger partial charge on any atom is 0.0935 e. The number of hydrogen-bond acceptors (Lipinski definition) is 3. The molecule has 0 aliphatic carbocycles. The van der Waals surface area contributed by atoms with Crippen LogP contribution in [-0.4, -0.2) is 17.6 Å². The van der Waals surface area contributed by atoms with Crippen LogP contribution in [0.4, 0.5) is 0 Å². The second-order valence-corrected chi connectivity index (χ2v) is 6.44. The van der Waals surface area contributed by atoms with Gasteiger partial charge in [-0.1, -0.05) is 44.2 Å². The summed E-state index contributed by atoms with van der Waals surface area (Å²) in [5, 5.41) is 6.90. The average Bonchev–Trinajstić information content (AvgIpc) is 2.88. The van der Waals surface area contributed by atoms with Gasteiger partial charge in [-0.15, -0.1) is 11.3 Å². The monoisotopic (exact) mass is 288 g/mol. The zero-order valence-corrected chi connectivity index (χ0v) is 13.4. The van der Waals surface area contributed by atoms with Crippen LogP contribution in [0.3, 0.4) is 0 Å². The maximum absolute atomic E-state index is 4.77. The minimum absolute atomic E-state index is 0.587. The van der Waals surface area contributed by atoms with Gasteiger partial charge in [0.1, 0.15) is 0 Å². The number of nitrogens with zero attached hydrogens (tertiary/aromatic N) is 1. The Bertz CT molecular complexity index is 507. The highest BCUT2D eigenvalue weighted by atomic mass is 32.1. The van der Waals surface area contributed by atoms with Crippen molar-refractivity contribution < 1.29 is 0 Å². The Balaban J connectivity index is 1.93. The molecule has 0 radical (unpaired) electrons. The summed E-state index contributed by atoms with van der Waals surface area (Å²) in [6, 6.07) is 11.0. The smallest absolute Gasteiger partial charge is 0.0935 e. The summed E-state index contributed by atoms with van der Waals surface area (Å²) < 4.78 is 0. The van der Waals surface area contributed by atoms with Crippen LogP contribution in [0.25, 0.3) is 11.3 Å². The highest BCUT2D eigenvalue weighted by Gasteiger charge is 2.11. The van der Waals surface area contributed by atoms with Crippen molar-refractivity contribution in [2.75, 3.05) is 6.54 Å². The lowest BCUT2D eigenvalue weighted by Gasteiger charge is -2.16. The molecule has 0 aliphatic rings. The van der Waals surface area contributed by atoms with Gasteiger partial charge in [-0.05, 0) is 25.8 Å². The predicted molar refractivity (Wildman–Crippen MR) is 88.2 cm³/mol. The van der Waals surface area contributed by atoms with E-state index in [4.69, 9.17) is 4.98 Å². The van der Waals surface area contributed by atoms with Crippen LogP contribution >= 0.6 is 11.3 Å². The highest BCUT2D eigenvalue weighted by Crippen LogP contribution is 2.24. The molecule has 0 bridgehead atoms. The summed E-state index contributed by atoms with van der Waals surface area (Å²) in [4.78, 5) is 4.77. The van der Waals surface area contributed by atoms with E-state index in [1.807, 2.05) is 6.07 Å². The Morgan fingerprint density at radius 1 is 1.20 bits per heavy atom. The first-order valence-corrected chi connectivity index (χ1v) is 8.30. The fourth-order valence-corrected chi connectivity index (χ4v) is 3.53. The summed E-state index contributed by atoms with van der Waals surface area (Å²) in [5.41, 5.74) is 2.32. The van der Waals surface area contributed by atoms with Gasteiger partial charge in [0, 0.05) is 23.4 Å². The number of benzene rings is 1. The largest absolute Gasteiger partial charge is 0.315 e. The molecule has 1 aromatic heterocycles. The molecule has 108 valence electrons. The van der Waals surface area contributed by atoms with E-state index in [-0.39, 0.29) is 0 Å². The number of rotatable bonds is 7. The van der Waals surface area contributed by atoms with Crippen LogP contribution in [0.2, 0.25) is 0 Å². The molecule has 2 rings (SSSR count). The first-order valence-electron chi connectivity index (χ1n) is 7.42. The summed E-state index contributed by atoms with van der Waals surface area (Å²) in [5.74, 6) is 0.666. The molecule has 3 heteroatoms. The summed E-state index contributed by atoms with van der Waals surface area (Å²) >= 11 is 1.78. The standard InChI is InChI=1S/C17H24N2S/c1-4-18-14(3)10-13(2)11-17-19-16(12-20-17)15-8-6-5-7-9-15/h5-9,12-14,18H,4,10-11H2,1-3H3. The van der Waals surface area contributed by atoms with Crippen molar-refractivity contribution in [3.05, 3.63) is 40.7 Å². The molecule has 0 fully saturated rings. The van der Waals surface area contributed by atoms with Crippen molar-refractivity contribution in [2.45, 2.75) is 39.7 Å². The fourth-order valence-electron chi connectivity index (χ4n) is 2.56. The Morgan fingerprint density at radius 3 is 2.65 bits per heavy atom. The first-order chi connectivity index (χ1) is 9.69. The first kappa shape index (κ1) is 15.2. The van der Waals surface area contributed by atoms with Gasteiger partial charge < -0.3 is 5.32 Å². The minimum Gasteiger partial charge on any atom is -0.315 e. The molecule has 0 spiro atoms. The Morgan fingerprint density at radius 2 is 1.95 bits per heavy atom. The molecular weight excluding hydrogens is 264 g/mol. The van der Waals surface area contributed by atoms with Gasteiger partial charge in [0.2, 0.25) is 0 Å². The SMILES string of the molecule is CCNC(C)CC(C)Cc1nc(-c2ccccc2)cs1. The second kappa shape index (κ2) is 7.55. The van der Waals surface area contributed by atoms with Crippen molar-refractivity contribution >= 4 is 11.3 Å². The molecule has 20 heavy (non-hydrogen) atoms. The number of nitrogens with one attached hydrogen (secondary N) is 1. The van der Waals surface area contributed by atoms with Crippen LogP contribution in [0.5, 0.6) is 0 Å². The van der Waals surface area contributed by atoms with E-state index in [1.165, 1.54) is 17.0 Å². The molecular formula is C17H24N2S. The Kier molecular flexibility index (Phi) is 5.74. The van der Waals surface area contributed by atoms with Crippen molar-refractivity contribution in [1.29, 1.82) is 0 Å². The van der Waals surface area contributed by atoms with Gasteiger partial charge in [0.05, 0.1) is 10.7 Å². The van der Waals surface area contributed by atoms with E-state index in [9.17, 15) is 0 Å². The molecule has 0 amide bonds. The fraction of sp³-hybridized carbons (Fsp3) is 0.471. The average molecular weight is 288 g/mol. The number of aromatic nitrogens is 1. The topological polar surface area (TPSA) is 24.9 Å². The van der Waals surface area contributed by atoms with Gasteiger partial charge in [-0.2, -0.15) is 0 Å². The second-order valence-electron chi connectivity index (χ2n) is 5.50. The van der Waals surface area contributed by atoms with E-state index in [1.54, 1.807) is 11.3 Å². The third kappa shape index (κ3) is 4.43. The molecule has 2 aromatic rings. The van der Waals surface area contributed by atoms with Crippen LogP contribution < -0.4 is 5.32 Å². The van der Waals surface area contributed by atoms with Crippen molar-refractivity contribution in [3.8, 4) is 11.3 Å². The summed E-state index contributed by atoms with van der Waals surface area (Å²) in [6.07, 6.45) is 2.28. The Hall–Kier alpha value is -1.19. The van der Waals surface area contributed by atoms with E-state index in [0.717, 1.165) is 18.7 Å². The summed E-state index contributed by atoms with van der Waals surface area (Å²) in [7, 11) is 0. The minimum atomic E-state index is 0.587. The predicted octanol–water partition coefficient (Wildman–Crippen LogP) is 4.38. The van der Waals surface area contributed by atoms with Gasteiger partial charge in [-0.3, -0.25) is 0 Å². The zero-order valence-electron chi connectivity index (χ0n) is 12.6. The quantitative estimate of drug-likeness (QED) is 0.818. The van der Waals surface area contributed by atoms with Crippen molar-refractivity contribution in [1.82, 2.24) is 10.3 Å². The van der Waals surface area contributed by atoms with Gasteiger partial charge in [-0.25, -0.2) is 4.98 Å². The molecule has 0 saturated carbocycles. The lowest BCUT2D eigenvalue weighted by Crippen LogP contribution is -2.27. The van der Waals surface area contributed by atoms with Crippen LogP contribution in [-0.2, 0) is 6.42 Å². The van der Waals surface area contributed by atoms with E-state index in [0.29, 0.717) is 12.0 Å². The molecule has 2 nitrogen and oxygen atoms in total. The third-order valence-corrected chi connectivity index (χ3v) is 4.32. The van der Waals surface area contributed by atoms with Gasteiger partial charge >= 0.3 is 0 Å². The highest BCUT2D eigenvalue weighted by molar-refractivity contribution is 7.09. The number of thiazole rings is 1. The normalized spacial score (nSPS) is 14.2. The van der Waals surface area contributed by atoms with Gasteiger partial charge in [0.15, 0.2) is 0 Å². The molecule has 0 saturated heterocycles. The molecule has 0 aliphatic heterocycles. The number of hydrogen-bond donors (Lipinski definition) is 1. The van der Waals surface area contributed by atoms with Crippen molar-refractivity contribution in [3.63, 3.8) is 0 Å². The van der Waals surface area contributed by atoms with Gasteiger partial charge in [0.25, 0.3) is 0 Å². The molecule has 2 unspecified atom stereocenters. The molecule has 1 aromatic carbocycles. The summed E-state index contributed by atoms with van der Waals surface area (Å²) in [6.45, 7) is 7.78. The maximum atomic E-state index is 4.77. The van der Waals surface area contributed by atoms with E-state index in [2.05, 4.69) is 55.7 Å². The van der Waals surface area contributed by atoms with Crippen LogP contribution in [0, 0.1) is 5.92 Å². The van der Waals surface area contributed by atoms with Crippen molar-refractivity contribution in [2.24, 2.45) is 5.92 Å². The lowest BCUT2D eigenvalue weighted by atomic mass is 10.00. The third-order valence-electron chi connectivity index (χ3n) is 3.45. The molecule has 1 heterocycles. The molecule has 2 atom stereocenters. The lowest BCUT2D eigenvalue weighted by molar-refractivity contribution is 0.426. The Labute approximate surface area is 126 Å². The zero-order chi connectivity index (χ0) is 14.4. The van der Waals surface area contributed by atoms with Crippen LogP contribution in [0.1, 0.15) is 32.2 Å². The van der Waals surface area contributed by atoms with E-state index < -0.39 is 0 Å². The van der Waals surface area contributed by atoms with E-state index >= 15 is 0 Å². The molecule has 1 N–H and O–H groups in total. The van der Waals surface area contributed by atoms with Crippen LogP contribution in [0.15, 0.2) is 35.7 Å².